The van der Waals surface area contributed by atoms with Crippen molar-refractivity contribution in [2.24, 2.45) is 0 Å². The molecule has 88 valence electrons. The highest BCUT2D eigenvalue weighted by molar-refractivity contribution is 14.1. The zero-order chi connectivity index (χ0) is 12.3. The average Bonchev–Trinajstić information content (AvgIpc) is 2.18. The molecule has 0 fully saturated rings. The number of alkyl halides is 4. The molecule has 16 heavy (non-hydrogen) atoms. The van der Waals surface area contributed by atoms with E-state index < -0.39 is 12.1 Å². The Labute approximate surface area is 107 Å². The number of ether oxygens (including phenoxy) is 1. The SMILES string of the molecule is O=Cc1c(OC(F)(F)F)cnc(I)c1CCl. The molecule has 0 saturated carbocycles. The largest absolute Gasteiger partial charge is 0.573 e. The molecule has 0 bridgehead atoms. The average molecular weight is 365 g/mol. The minimum atomic E-state index is -4.87. The maximum absolute atomic E-state index is 12.0. The summed E-state index contributed by atoms with van der Waals surface area (Å²) in [5.74, 6) is -0.757. The molecule has 8 heteroatoms. The van der Waals surface area contributed by atoms with E-state index in [1.54, 1.807) is 22.6 Å². The number of halogens is 5. The van der Waals surface area contributed by atoms with Crippen molar-refractivity contribution in [2.45, 2.75) is 12.2 Å². The molecule has 0 saturated heterocycles. The van der Waals surface area contributed by atoms with Crippen LogP contribution in [0.4, 0.5) is 13.2 Å². The lowest BCUT2D eigenvalue weighted by molar-refractivity contribution is -0.274. The third-order valence-electron chi connectivity index (χ3n) is 1.61. The van der Waals surface area contributed by atoms with Gasteiger partial charge in [0, 0.05) is 5.56 Å². The van der Waals surface area contributed by atoms with E-state index in [4.69, 9.17) is 11.6 Å². The summed E-state index contributed by atoms with van der Waals surface area (Å²) in [4.78, 5) is 14.4. The van der Waals surface area contributed by atoms with Gasteiger partial charge < -0.3 is 4.74 Å². The summed E-state index contributed by atoms with van der Waals surface area (Å²) in [5, 5.41) is 0. The standard InChI is InChI=1S/C8H4ClF3INO2/c9-1-4-5(3-15)6(2-14-7(4)13)16-8(10,11)12/h2-3H,1H2. The molecule has 0 atom stereocenters. The van der Waals surface area contributed by atoms with Crippen LogP contribution in [0.3, 0.4) is 0 Å². The fourth-order valence-electron chi connectivity index (χ4n) is 0.985. The Morgan fingerprint density at radius 1 is 1.56 bits per heavy atom. The Hall–Kier alpha value is -0.570. The second kappa shape index (κ2) is 5.17. The van der Waals surface area contributed by atoms with Gasteiger partial charge in [-0.2, -0.15) is 0 Å². The predicted molar refractivity (Wildman–Crippen MR) is 58.6 cm³/mol. The molecular weight excluding hydrogens is 361 g/mol. The number of aromatic nitrogens is 1. The first-order valence-electron chi connectivity index (χ1n) is 3.83. The van der Waals surface area contributed by atoms with E-state index in [1.165, 1.54) is 0 Å². The fourth-order valence-corrected chi connectivity index (χ4v) is 2.10. The number of carbonyl (C=O) groups excluding carboxylic acids is 1. The quantitative estimate of drug-likeness (QED) is 0.358. The van der Waals surface area contributed by atoms with Gasteiger partial charge in [0.05, 0.1) is 17.6 Å². The molecule has 0 unspecified atom stereocenters. The molecule has 0 radical (unpaired) electrons. The molecule has 1 aromatic rings. The van der Waals surface area contributed by atoms with Crippen LogP contribution in [0.2, 0.25) is 0 Å². The summed E-state index contributed by atoms with van der Waals surface area (Å²) in [6.45, 7) is 0. The van der Waals surface area contributed by atoms with E-state index in [-0.39, 0.29) is 23.3 Å². The van der Waals surface area contributed by atoms with E-state index in [9.17, 15) is 18.0 Å². The van der Waals surface area contributed by atoms with Gasteiger partial charge in [-0.15, -0.1) is 24.8 Å². The van der Waals surface area contributed by atoms with Gasteiger partial charge in [-0.3, -0.25) is 4.79 Å². The molecular formula is C8H4ClF3INO2. The Kier molecular flexibility index (Phi) is 4.36. The third kappa shape index (κ3) is 3.21. The van der Waals surface area contributed by atoms with Gasteiger partial charge in [-0.25, -0.2) is 4.98 Å². The molecule has 0 amide bonds. The van der Waals surface area contributed by atoms with Crippen molar-refractivity contribution < 1.29 is 22.7 Å². The summed E-state index contributed by atoms with van der Waals surface area (Å²) in [5.41, 5.74) is -0.00857. The van der Waals surface area contributed by atoms with Gasteiger partial charge in [-0.05, 0) is 22.6 Å². The number of hydrogen-bond acceptors (Lipinski definition) is 3. The van der Waals surface area contributed by atoms with E-state index in [2.05, 4.69) is 9.72 Å². The second-order valence-corrected chi connectivity index (χ2v) is 3.89. The van der Waals surface area contributed by atoms with E-state index in [0.29, 0.717) is 3.70 Å². The normalized spacial score (nSPS) is 11.3. The number of carbonyl (C=O) groups is 1. The molecule has 1 heterocycles. The van der Waals surface area contributed by atoms with Crippen LogP contribution in [0, 0.1) is 3.70 Å². The third-order valence-corrected chi connectivity index (χ3v) is 2.81. The number of pyridine rings is 1. The lowest BCUT2D eigenvalue weighted by Gasteiger charge is -2.12. The Morgan fingerprint density at radius 2 is 2.19 bits per heavy atom. The highest BCUT2D eigenvalue weighted by atomic mass is 127. The van der Waals surface area contributed by atoms with Gasteiger partial charge in [-0.1, -0.05) is 0 Å². The number of aldehydes is 1. The van der Waals surface area contributed by atoms with Crippen molar-refractivity contribution in [1.29, 1.82) is 0 Å². The summed E-state index contributed by atoms with van der Waals surface area (Å²) in [7, 11) is 0. The lowest BCUT2D eigenvalue weighted by atomic mass is 10.1. The maximum Gasteiger partial charge on any atom is 0.573 e. The molecule has 0 N–H and O–H groups in total. The van der Waals surface area contributed by atoms with E-state index in [1.807, 2.05) is 0 Å². The number of nitrogens with zero attached hydrogens (tertiary/aromatic N) is 1. The molecule has 0 aliphatic carbocycles. The van der Waals surface area contributed by atoms with E-state index >= 15 is 0 Å². The van der Waals surface area contributed by atoms with Crippen molar-refractivity contribution in [3.05, 3.63) is 21.0 Å². The maximum atomic E-state index is 12.0. The van der Waals surface area contributed by atoms with Crippen molar-refractivity contribution >= 4 is 40.5 Å². The second-order valence-electron chi connectivity index (χ2n) is 2.60. The zero-order valence-electron chi connectivity index (χ0n) is 7.52. The minimum absolute atomic E-state index is 0.117. The zero-order valence-corrected chi connectivity index (χ0v) is 10.4. The summed E-state index contributed by atoms with van der Waals surface area (Å²) < 4.78 is 40.0. The van der Waals surface area contributed by atoms with Gasteiger partial charge in [0.25, 0.3) is 0 Å². The highest BCUT2D eigenvalue weighted by Gasteiger charge is 2.33. The van der Waals surface area contributed by atoms with Crippen LogP contribution >= 0.6 is 34.2 Å². The van der Waals surface area contributed by atoms with Crippen molar-refractivity contribution in [3.8, 4) is 5.75 Å². The van der Waals surface area contributed by atoms with Crippen LogP contribution in [0.5, 0.6) is 5.75 Å². The summed E-state index contributed by atoms with van der Waals surface area (Å²) in [6.07, 6.45) is -3.76. The van der Waals surface area contributed by atoms with Gasteiger partial charge in [0.1, 0.15) is 3.70 Å². The molecule has 0 aliphatic rings. The Balaban J connectivity index is 3.25. The molecule has 0 aromatic carbocycles. The Bertz CT molecular complexity index is 411. The van der Waals surface area contributed by atoms with Crippen molar-refractivity contribution in [2.75, 3.05) is 0 Å². The monoisotopic (exact) mass is 365 g/mol. The van der Waals surface area contributed by atoms with Gasteiger partial charge in [0.2, 0.25) is 0 Å². The van der Waals surface area contributed by atoms with Crippen molar-refractivity contribution in [3.63, 3.8) is 0 Å². The fraction of sp³-hybridized carbons (Fsp3) is 0.250. The summed E-state index contributed by atoms with van der Waals surface area (Å²) >= 11 is 7.29. The van der Waals surface area contributed by atoms with Crippen LogP contribution in [-0.4, -0.2) is 17.6 Å². The lowest BCUT2D eigenvalue weighted by Crippen LogP contribution is -2.19. The van der Waals surface area contributed by atoms with Crippen molar-refractivity contribution in [1.82, 2.24) is 4.98 Å². The number of hydrogen-bond donors (Lipinski definition) is 0. The van der Waals surface area contributed by atoms with Crippen LogP contribution in [0.15, 0.2) is 6.20 Å². The van der Waals surface area contributed by atoms with Crippen LogP contribution in [0.1, 0.15) is 15.9 Å². The molecule has 3 nitrogen and oxygen atoms in total. The first-order valence-corrected chi connectivity index (χ1v) is 5.44. The number of rotatable bonds is 3. The minimum Gasteiger partial charge on any atom is -0.403 e. The van der Waals surface area contributed by atoms with Crippen LogP contribution in [0.25, 0.3) is 0 Å². The molecule has 1 rings (SSSR count). The summed E-state index contributed by atoms with van der Waals surface area (Å²) in [6, 6.07) is 0. The predicted octanol–water partition coefficient (Wildman–Crippen LogP) is 3.14. The smallest absolute Gasteiger partial charge is 0.403 e. The van der Waals surface area contributed by atoms with Crippen LogP contribution in [-0.2, 0) is 5.88 Å². The Morgan fingerprint density at radius 3 is 2.62 bits per heavy atom. The highest BCUT2D eigenvalue weighted by Crippen LogP contribution is 2.29. The first-order chi connectivity index (χ1) is 7.39. The van der Waals surface area contributed by atoms with Crippen LogP contribution < -0.4 is 4.74 Å². The van der Waals surface area contributed by atoms with Gasteiger partial charge >= 0.3 is 6.36 Å². The van der Waals surface area contributed by atoms with Gasteiger partial charge in [0.15, 0.2) is 12.0 Å². The molecule has 0 aliphatic heterocycles. The topological polar surface area (TPSA) is 39.2 Å². The van der Waals surface area contributed by atoms with E-state index in [0.717, 1.165) is 6.20 Å². The molecule has 1 aromatic heterocycles. The molecule has 0 spiro atoms. The first kappa shape index (κ1) is 13.5.